The summed E-state index contributed by atoms with van der Waals surface area (Å²) >= 11 is 0. The van der Waals surface area contributed by atoms with E-state index in [0.29, 0.717) is 24.5 Å². The average Bonchev–Trinajstić information content (AvgIpc) is 2.72. The Balaban J connectivity index is 1.66. The lowest BCUT2D eigenvalue weighted by Gasteiger charge is -2.58. The van der Waals surface area contributed by atoms with Crippen molar-refractivity contribution in [3.8, 4) is 5.75 Å². The zero-order valence-electron chi connectivity index (χ0n) is 16.8. The molecule has 1 aromatic heterocycles. The van der Waals surface area contributed by atoms with Gasteiger partial charge in [-0.25, -0.2) is 4.79 Å². The van der Waals surface area contributed by atoms with Crippen LogP contribution in [0.5, 0.6) is 5.75 Å². The van der Waals surface area contributed by atoms with E-state index in [1.165, 1.54) is 0 Å². The second-order valence-corrected chi connectivity index (χ2v) is 7.70. The van der Waals surface area contributed by atoms with Crippen LogP contribution in [0.1, 0.15) is 43.1 Å². The number of ether oxygens (including phenoxy) is 2. The first-order valence-corrected chi connectivity index (χ1v) is 9.59. The molecule has 1 aliphatic rings. The van der Waals surface area contributed by atoms with E-state index in [1.807, 2.05) is 19.1 Å². The summed E-state index contributed by atoms with van der Waals surface area (Å²) in [5.41, 5.74) is -0.725. The summed E-state index contributed by atoms with van der Waals surface area (Å²) in [5, 5.41) is 12.6. The van der Waals surface area contributed by atoms with Crippen LogP contribution in [0.2, 0.25) is 0 Å². The summed E-state index contributed by atoms with van der Waals surface area (Å²) in [6, 6.07) is 10.4. The normalized spacial score (nSPS) is 22.4. The van der Waals surface area contributed by atoms with E-state index in [9.17, 15) is 14.7 Å². The monoisotopic (exact) mass is 398 g/mol. The topological polar surface area (TPSA) is 97.8 Å². The maximum atomic E-state index is 12.7. The molecule has 1 amide bonds. The number of carbonyl (C=O) groups is 2. The van der Waals surface area contributed by atoms with Gasteiger partial charge < -0.3 is 19.9 Å². The highest BCUT2D eigenvalue weighted by Crippen LogP contribution is 2.51. The molecule has 2 unspecified atom stereocenters. The van der Waals surface area contributed by atoms with Crippen molar-refractivity contribution >= 4 is 11.9 Å². The molecule has 1 heterocycles. The second kappa shape index (κ2) is 8.21. The Labute approximate surface area is 170 Å². The molecule has 0 aliphatic heterocycles. The van der Waals surface area contributed by atoms with Crippen molar-refractivity contribution in [3.63, 3.8) is 0 Å². The van der Waals surface area contributed by atoms with Gasteiger partial charge in [0.1, 0.15) is 17.9 Å². The van der Waals surface area contributed by atoms with Crippen LogP contribution in [0.25, 0.3) is 0 Å². The van der Waals surface area contributed by atoms with Gasteiger partial charge in [-0.3, -0.25) is 9.78 Å². The third-order valence-corrected chi connectivity index (χ3v) is 5.73. The minimum atomic E-state index is -1.36. The number of carbonyl (C=O) groups excluding carboxylic acids is 1. The highest BCUT2D eigenvalue weighted by Gasteiger charge is 2.66. The number of aromatic nitrogens is 1. The standard InChI is InChI=1S/C22H26N2O5/c1-4-28-18-13-22(20(26)27,21(18,2)3)24-19(25)16-5-7-17(8-6-16)29-14-15-9-11-23-12-10-15/h5-12,18H,4,13-14H2,1-3H3,(H,24,25)(H,26,27). The van der Waals surface area contributed by atoms with Gasteiger partial charge in [0.25, 0.3) is 5.91 Å². The zero-order chi connectivity index (χ0) is 21.1. The van der Waals surface area contributed by atoms with Crippen LogP contribution in [0.15, 0.2) is 48.8 Å². The summed E-state index contributed by atoms with van der Waals surface area (Å²) in [5.74, 6) is -0.869. The van der Waals surface area contributed by atoms with Crippen LogP contribution in [-0.2, 0) is 16.1 Å². The molecule has 3 rings (SSSR count). The van der Waals surface area contributed by atoms with Gasteiger partial charge in [-0.2, -0.15) is 0 Å². The Kier molecular flexibility index (Phi) is 5.88. The fraction of sp³-hybridized carbons (Fsp3) is 0.409. The van der Waals surface area contributed by atoms with Crippen molar-refractivity contribution in [1.82, 2.24) is 10.3 Å². The van der Waals surface area contributed by atoms with Gasteiger partial charge in [-0.15, -0.1) is 0 Å². The molecular weight excluding hydrogens is 372 g/mol. The number of carboxylic acids is 1. The first kappa shape index (κ1) is 20.8. The number of hydrogen-bond acceptors (Lipinski definition) is 5. The number of nitrogens with zero attached hydrogens (tertiary/aromatic N) is 1. The Morgan fingerprint density at radius 1 is 1.17 bits per heavy atom. The molecule has 1 fully saturated rings. The van der Waals surface area contributed by atoms with Crippen LogP contribution in [0, 0.1) is 5.41 Å². The van der Waals surface area contributed by atoms with Crippen LogP contribution in [0.4, 0.5) is 0 Å². The molecule has 2 atom stereocenters. The summed E-state index contributed by atoms with van der Waals surface area (Å²) in [6.07, 6.45) is 3.42. The quantitative estimate of drug-likeness (QED) is 0.709. The number of benzene rings is 1. The Morgan fingerprint density at radius 2 is 1.83 bits per heavy atom. The summed E-state index contributed by atoms with van der Waals surface area (Å²) in [4.78, 5) is 28.7. The minimum absolute atomic E-state index is 0.215. The molecular formula is C22H26N2O5. The van der Waals surface area contributed by atoms with Crippen molar-refractivity contribution in [1.29, 1.82) is 0 Å². The summed E-state index contributed by atoms with van der Waals surface area (Å²) < 4.78 is 11.3. The van der Waals surface area contributed by atoms with E-state index in [1.54, 1.807) is 50.5 Å². The molecule has 7 heteroatoms. The van der Waals surface area contributed by atoms with Crippen LogP contribution in [0.3, 0.4) is 0 Å². The number of carboxylic acid groups (broad SMARTS) is 1. The first-order chi connectivity index (χ1) is 13.8. The fourth-order valence-electron chi connectivity index (χ4n) is 3.65. The summed E-state index contributed by atoms with van der Waals surface area (Å²) in [7, 11) is 0. The highest BCUT2D eigenvalue weighted by molar-refractivity contribution is 5.98. The van der Waals surface area contributed by atoms with E-state index in [-0.39, 0.29) is 12.5 Å². The van der Waals surface area contributed by atoms with Gasteiger partial charge in [0.2, 0.25) is 0 Å². The number of amides is 1. The fourth-order valence-corrected chi connectivity index (χ4v) is 3.65. The van der Waals surface area contributed by atoms with Crippen molar-refractivity contribution in [3.05, 3.63) is 59.9 Å². The number of nitrogens with one attached hydrogen (secondary N) is 1. The van der Waals surface area contributed by atoms with E-state index < -0.39 is 22.8 Å². The predicted octanol–water partition coefficient (Wildman–Crippen LogP) is 3.05. The maximum Gasteiger partial charge on any atom is 0.330 e. The zero-order valence-corrected chi connectivity index (χ0v) is 16.8. The largest absolute Gasteiger partial charge is 0.489 e. The van der Waals surface area contributed by atoms with Crippen LogP contribution >= 0.6 is 0 Å². The molecule has 29 heavy (non-hydrogen) atoms. The number of hydrogen-bond donors (Lipinski definition) is 2. The molecule has 7 nitrogen and oxygen atoms in total. The second-order valence-electron chi connectivity index (χ2n) is 7.70. The van der Waals surface area contributed by atoms with Crippen molar-refractivity contribution in [2.75, 3.05) is 6.61 Å². The van der Waals surface area contributed by atoms with Crippen LogP contribution < -0.4 is 10.1 Å². The maximum absolute atomic E-state index is 12.7. The van der Waals surface area contributed by atoms with Gasteiger partial charge in [0.05, 0.1) is 6.10 Å². The lowest BCUT2D eigenvalue weighted by molar-refractivity contribution is -0.190. The van der Waals surface area contributed by atoms with E-state index in [2.05, 4.69) is 10.3 Å². The molecule has 0 bridgehead atoms. The van der Waals surface area contributed by atoms with Gasteiger partial charge in [0.15, 0.2) is 0 Å². The molecule has 2 N–H and O–H groups in total. The molecule has 0 spiro atoms. The molecule has 0 radical (unpaired) electrons. The Hall–Kier alpha value is -2.93. The van der Waals surface area contributed by atoms with E-state index in [4.69, 9.17) is 9.47 Å². The van der Waals surface area contributed by atoms with Gasteiger partial charge in [-0.05, 0) is 48.9 Å². The molecule has 1 saturated carbocycles. The number of rotatable bonds is 8. The molecule has 1 aliphatic carbocycles. The molecule has 0 saturated heterocycles. The van der Waals surface area contributed by atoms with Crippen molar-refractivity contribution < 1.29 is 24.2 Å². The van der Waals surface area contributed by atoms with Gasteiger partial charge in [-0.1, -0.05) is 13.8 Å². The average molecular weight is 398 g/mol. The smallest absolute Gasteiger partial charge is 0.330 e. The lowest BCUT2D eigenvalue weighted by atomic mass is 9.54. The van der Waals surface area contributed by atoms with Gasteiger partial charge in [0, 0.05) is 36.4 Å². The molecule has 154 valence electrons. The number of aliphatic carboxylic acids is 1. The summed E-state index contributed by atoms with van der Waals surface area (Å²) in [6.45, 7) is 6.37. The lowest BCUT2D eigenvalue weighted by Crippen LogP contribution is -2.76. The van der Waals surface area contributed by atoms with Crippen molar-refractivity contribution in [2.45, 2.75) is 45.4 Å². The highest BCUT2D eigenvalue weighted by atomic mass is 16.5. The molecule has 1 aromatic carbocycles. The third-order valence-electron chi connectivity index (χ3n) is 5.73. The Morgan fingerprint density at radius 3 is 2.38 bits per heavy atom. The van der Waals surface area contributed by atoms with E-state index >= 15 is 0 Å². The van der Waals surface area contributed by atoms with Crippen molar-refractivity contribution in [2.24, 2.45) is 5.41 Å². The van der Waals surface area contributed by atoms with Gasteiger partial charge >= 0.3 is 5.97 Å². The van der Waals surface area contributed by atoms with Crippen LogP contribution in [-0.4, -0.2) is 40.2 Å². The minimum Gasteiger partial charge on any atom is -0.489 e. The van der Waals surface area contributed by atoms with E-state index in [0.717, 1.165) is 5.56 Å². The predicted molar refractivity (Wildman–Crippen MR) is 107 cm³/mol. The SMILES string of the molecule is CCOC1CC(NC(=O)c2ccc(OCc3ccncc3)cc2)(C(=O)O)C1(C)C. The number of pyridine rings is 1. The third kappa shape index (κ3) is 3.96. The Bertz CT molecular complexity index is 867. The molecule has 2 aromatic rings. The first-order valence-electron chi connectivity index (χ1n) is 9.59.